The van der Waals surface area contributed by atoms with Gasteiger partial charge in [0.25, 0.3) is 0 Å². The van der Waals surface area contributed by atoms with E-state index < -0.39 is 25.2 Å². The van der Waals surface area contributed by atoms with Crippen LogP contribution in [0.5, 0.6) is 0 Å². The molecule has 0 aliphatic heterocycles. The van der Waals surface area contributed by atoms with Gasteiger partial charge in [0, 0.05) is 5.92 Å². The zero-order chi connectivity index (χ0) is 35.3. The van der Waals surface area contributed by atoms with Crippen LogP contribution in [0.25, 0.3) is 11.1 Å². The Morgan fingerprint density at radius 1 is 0.755 bits per heavy atom. The smallest absolute Gasteiger partial charge is 0.335 e. The van der Waals surface area contributed by atoms with E-state index in [9.17, 15) is 19.8 Å². The van der Waals surface area contributed by atoms with Gasteiger partial charge in [0.1, 0.15) is 0 Å². The summed E-state index contributed by atoms with van der Waals surface area (Å²) >= 11 is 0. The third kappa shape index (κ3) is 11.1. The minimum atomic E-state index is -0.633. The first kappa shape index (κ1) is 38.6. The maximum Gasteiger partial charge on any atom is 0.335 e. The molecule has 0 amide bonds. The van der Waals surface area contributed by atoms with Crippen molar-refractivity contribution in [3.63, 3.8) is 0 Å². The van der Waals surface area contributed by atoms with E-state index in [-0.39, 0.29) is 36.2 Å². The standard InChI is InChI=1S/C43H60O6/c1-6-32-24-40(23-22-33(32)9-7-8-29(2)3)38-18-14-36(15-19-38)34-10-12-35(13-11-34)37-16-20-39(21-17-37)41(27-48-42(46)30(4)25-44)28-49-43(47)31(5)26-45/h14-15,18-19,22-24,29,34-35,37,39,41,44-45H,4-13,16-17,20-21,25-28H2,1-3H3. The largest absolute Gasteiger partial charge is 0.462 e. The van der Waals surface area contributed by atoms with E-state index in [1.807, 2.05) is 0 Å². The fraction of sp³-hybridized carbons (Fsp3) is 0.581. The fourth-order valence-electron chi connectivity index (χ4n) is 8.06. The van der Waals surface area contributed by atoms with Crippen LogP contribution in [0.4, 0.5) is 0 Å². The molecule has 0 aromatic heterocycles. The molecule has 2 aromatic rings. The van der Waals surface area contributed by atoms with Crippen molar-refractivity contribution in [1.82, 2.24) is 0 Å². The molecule has 0 bridgehead atoms. The first-order valence-corrected chi connectivity index (χ1v) is 18.8. The normalized spacial score (nSPS) is 21.0. The predicted octanol–water partition coefficient (Wildman–Crippen LogP) is 8.77. The first-order chi connectivity index (χ1) is 23.6. The second kappa shape index (κ2) is 19.2. The van der Waals surface area contributed by atoms with E-state index >= 15 is 0 Å². The summed E-state index contributed by atoms with van der Waals surface area (Å²) in [7, 11) is 0. The molecule has 2 N–H and O–H groups in total. The third-order valence-corrected chi connectivity index (χ3v) is 11.3. The van der Waals surface area contributed by atoms with Crippen LogP contribution in [-0.4, -0.2) is 48.6 Å². The van der Waals surface area contributed by atoms with E-state index in [0.29, 0.717) is 11.8 Å². The van der Waals surface area contributed by atoms with Crippen molar-refractivity contribution in [2.24, 2.45) is 29.6 Å². The number of rotatable bonds is 17. The maximum atomic E-state index is 12.2. The van der Waals surface area contributed by atoms with Crippen molar-refractivity contribution < 1.29 is 29.3 Å². The predicted molar refractivity (Wildman–Crippen MR) is 197 cm³/mol. The zero-order valence-corrected chi connectivity index (χ0v) is 30.3. The van der Waals surface area contributed by atoms with Gasteiger partial charge in [-0.1, -0.05) is 82.8 Å². The van der Waals surface area contributed by atoms with E-state index in [1.165, 1.54) is 72.8 Å². The molecule has 0 saturated heterocycles. The molecular weight excluding hydrogens is 612 g/mol. The molecule has 268 valence electrons. The van der Waals surface area contributed by atoms with Gasteiger partial charge in [-0.05, 0) is 128 Å². The van der Waals surface area contributed by atoms with Crippen molar-refractivity contribution in [3.8, 4) is 11.1 Å². The Bertz CT molecular complexity index is 1340. The van der Waals surface area contributed by atoms with Gasteiger partial charge >= 0.3 is 11.9 Å². The van der Waals surface area contributed by atoms with E-state index in [4.69, 9.17) is 9.47 Å². The Morgan fingerprint density at radius 3 is 1.80 bits per heavy atom. The lowest BCUT2D eigenvalue weighted by molar-refractivity contribution is -0.146. The van der Waals surface area contributed by atoms with Gasteiger partial charge in [0.2, 0.25) is 0 Å². The number of carbonyl (C=O) groups excluding carboxylic acids is 2. The van der Waals surface area contributed by atoms with Crippen LogP contribution in [0.1, 0.15) is 108 Å². The summed E-state index contributed by atoms with van der Waals surface area (Å²) in [6.45, 7) is 13.2. The van der Waals surface area contributed by atoms with Gasteiger partial charge in [-0.15, -0.1) is 0 Å². The molecular formula is C43H60O6. The lowest BCUT2D eigenvalue weighted by atomic mass is 9.67. The molecule has 2 aliphatic carbocycles. The highest BCUT2D eigenvalue weighted by Crippen LogP contribution is 2.45. The van der Waals surface area contributed by atoms with E-state index in [2.05, 4.69) is 76.4 Å². The lowest BCUT2D eigenvalue weighted by Gasteiger charge is -2.39. The van der Waals surface area contributed by atoms with Crippen molar-refractivity contribution in [3.05, 3.63) is 83.5 Å². The SMILES string of the molecule is C=C(CO)C(=O)OCC(COC(=O)C(=C)CO)C1CCC(C2CCC(c3ccc(-c4ccc(CCCC(C)C)c(CC)c4)cc3)CC2)CC1. The summed E-state index contributed by atoms with van der Waals surface area (Å²) in [5.74, 6) is 1.63. The summed E-state index contributed by atoms with van der Waals surface area (Å²) in [4.78, 5) is 24.3. The van der Waals surface area contributed by atoms with Crippen molar-refractivity contribution in [2.75, 3.05) is 26.4 Å². The number of aliphatic hydroxyl groups excluding tert-OH is 2. The highest BCUT2D eigenvalue weighted by atomic mass is 16.5. The number of carbonyl (C=O) groups is 2. The average molecular weight is 673 g/mol. The Morgan fingerprint density at radius 2 is 1.29 bits per heavy atom. The highest BCUT2D eigenvalue weighted by molar-refractivity contribution is 5.88. The van der Waals surface area contributed by atoms with Gasteiger partial charge in [0.05, 0.1) is 37.6 Å². The van der Waals surface area contributed by atoms with Crippen molar-refractivity contribution >= 4 is 11.9 Å². The molecule has 2 saturated carbocycles. The van der Waals surface area contributed by atoms with Gasteiger partial charge in [0.15, 0.2) is 0 Å². The number of aliphatic hydroxyl groups is 2. The van der Waals surface area contributed by atoms with Crippen molar-refractivity contribution in [1.29, 1.82) is 0 Å². The molecule has 0 radical (unpaired) electrons. The average Bonchev–Trinajstić information content (AvgIpc) is 3.14. The number of benzene rings is 2. The van der Waals surface area contributed by atoms with Crippen LogP contribution in [-0.2, 0) is 31.9 Å². The molecule has 0 heterocycles. The number of esters is 2. The molecule has 2 aliphatic rings. The molecule has 4 rings (SSSR count). The number of aryl methyl sites for hydroxylation is 2. The van der Waals surface area contributed by atoms with E-state index in [0.717, 1.165) is 43.9 Å². The summed E-state index contributed by atoms with van der Waals surface area (Å²) < 4.78 is 10.9. The topological polar surface area (TPSA) is 93.1 Å². The molecule has 6 nitrogen and oxygen atoms in total. The Kier molecular flexibility index (Phi) is 15.2. The zero-order valence-electron chi connectivity index (χ0n) is 30.3. The Labute approximate surface area is 295 Å². The Hall–Kier alpha value is -3.22. The van der Waals surface area contributed by atoms with Gasteiger partial charge in [-0.25, -0.2) is 9.59 Å². The minimum absolute atomic E-state index is 0.00256. The summed E-state index contributed by atoms with van der Waals surface area (Å²) in [5.41, 5.74) is 7.08. The molecule has 2 aromatic carbocycles. The molecule has 0 atom stereocenters. The summed E-state index contributed by atoms with van der Waals surface area (Å²) in [6.07, 6.45) is 14.0. The third-order valence-electron chi connectivity index (χ3n) is 11.3. The number of ether oxygens (including phenoxy) is 2. The molecule has 0 spiro atoms. The summed E-state index contributed by atoms with van der Waals surface area (Å²) in [6, 6.07) is 16.4. The maximum absolute atomic E-state index is 12.2. The van der Waals surface area contributed by atoms with E-state index in [1.54, 1.807) is 0 Å². The molecule has 0 unspecified atom stereocenters. The molecule has 6 heteroatoms. The molecule has 2 fully saturated rings. The first-order valence-electron chi connectivity index (χ1n) is 18.8. The fourth-order valence-corrected chi connectivity index (χ4v) is 8.06. The van der Waals surface area contributed by atoms with Gasteiger partial charge < -0.3 is 19.7 Å². The van der Waals surface area contributed by atoms with Crippen LogP contribution in [0.2, 0.25) is 0 Å². The van der Waals surface area contributed by atoms with Crippen molar-refractivity contribution in [2.45, 2.75) is 104 Å². The number of hydrogen-bond acceptors (Lipinski definition) is 6. The second-order valence-corrected chi connectivity index (χ2v) is 15.0. The highest BCUT2D eigenvalue weighted by Gasteiger charge is 2.34. The van der Waals surface area contributed by atoms with Crippen LogP contribution in [0.3, 0.4) is 0 Å². The monoisotopic (exact) mass is 672 g/mol. The minimum Gasteiger partial charge on any atom is -0.462 e. The van der Waals surface area contributed by atoms with Crippen LogP contribution in [0.15, 0.2) is 66.8 Å². The van der Waals surface area contributed by atoms with Gasteiger partial charge in [-0.2, -0.15) is 0 Å². The van der Waals surface area contributed by atoms with Crippen LogP contribution >= 0.6 is 0 Å². The van der Waals surface area contributed by atoms with Crippen LogP contribution < -0.4 is 0 Å². The van der Waals surface area contributed by atoms with Gasteiger partial charge in [-0.3, -0.25) is 0 Å². The second-order valence-electron chi connectivity index (χ2n) is 15.0. The quantitative estimate of drug-likeness (QED) is 0.129. The number of hydrogen-bond donors (Lipinski definition) is 2. The molecule has 49 heavy (non-hydrogen) atoms. The van der Waals surface area contributed by atoms with Crippen LogP contribution in [0, 0.1) is 29.6 Å². The Balaban J connectivity index is 1.27. The summed E-state index contributed by atoms with van der Waals surface area (Å²) in [5, 5.41) is 18.4. The lowest BCUT2D eigenvalue weighted by Crippen LogP contribution is -2.33.